The molecule has 0 fully saturated rings. The zero-order valence-corrected chi connectivity index (χ0v) is 20.1. The van der Waals surface area contributed by atoms with Gasteiger partial charge in [-0.1, -0.05) is 6.92 Å². The number of nitrogens with zero attached hydrogens (tertiary/aromatic N) is 1. The third-order valence-electron chi connectivity index (χ3n) is 6.56. The SMILES string of the molecule is CCOC(=O)N1c2ccc(C(F)(F)F)cc2[C@@H]([C@H](CO)c2cc(C(F)(F)F)cc(C(F)(F)F)c2)C[C@H]1CC. The van der Waals surface area contributed by atoms with Crippen LogP contribution in [0.4, 0.5) is 50.0 Å². The topological polar surface area (TPSA) is 49.8 Å². The summed E-state index contributed by atoms with van der Waals surface area (Å²) in [4.78, 5) is 13.9. The van der Waals surface area contributed by atoms with Crippen LogP contribution in [0.2, 0.25) is 0 Å². The number of halogens is 9. The minimum absolute atomic E-state index is 0.0268. The van der Waals surface area contributed by atoms with Gasteiger partial charge in [0.2, 0.25) is 0 Å². The van der Waals surface area contributed by atoms with Crippen LogP contribution in [0.3, 0.4) is 0 Å². The Balaban J connectivity index is 2.27. The van der Waals surface area contributed by atoms with Gasteiger partial charge in [-0.25, -0.2) is 4.79 Å². The lowest BCUT2D eigenvalue weighted by Gasteiger charge is -2.42. The molecule has 4 nitrogen and oxygen atoms in total. The normalized spacial score (nSPS) is 19.2. The molecule has 0 saturated heterocycles. The molecule has 0 saturated carbocycles. The van der Waals surface area contributed by atoms with Crippen molar-refractivity contribution in [3.05, 3.63) is 64.2 Å². The molecule has 1 aliphatic rings. The van der Waals surface area contributed by atoms with Gasteiger partial charge in [0.15, 0.2) is 0 Å². The molecule has 38 heavy (non-hydrogen) atoms. The molecule has 0 aliphatic carbocycles. The summed E-state index contributed by atoms with van der Waals surface area (Å²) in [5.41, 5.74) is -5.06. The Bertz CT molecular complexity index is 1130. The van der Waals surface area contributed by atoms with E-state index in [4.69, 9.17) is 4.74 Å². The van der Waals surface area contributed by atoms with E-state index in [1.54, 1.807) is 6.92 Å². The Morgan fingerprint density at radius 1 is 0.921 bits per heavy atom. The molecule has 1 N–H and O–H groups in total. The predicted molar refractivity (Wildman–Crippen MR) is 119 cm³/mol. The lowest BCUT2D eigenvalue weighted by molar-refractivity contribution is -0.143. The number of ether oxygens (including phenoxy) is 1. The van der Waals surface area contributed by atoms with E-state index in [1.807, 2.05) is 0 Å². The number of hydrogen-bond donors (Lipinski definition) is 1. The van der Waals surface area contributed by atoms with Crippen LogP contribution < -0.4 is 4.90 Å². The number of amides is 1. The predicted octanol–water partition coefficient (Wildman–Crippen LogP) is 7.75. The Labute approximate surface area is 212 Å². The van der Waals surface area contributed by atoms with Gasteiger partial charge in [-0.2, -0.15) is 39.5 Å². The van der Waals surface area contributed by atoms with E-state index in [2.05, 4.69) is 0 Å². The second-order valence-corrected chi connectivity index (χ2v) is 8.87. The van der Waals surface area contributed by atoms with E-state index in [9.17, 15) is 49.4 Å². The summed E-state index contributed by atoms with van der Waals surface area (Å²) in [5.74, 6) is -2.60. The maximum absolute atomic E-state index is 13.6. The fraction of sp³-hybridized carbons (Fsp3) is 0.480. The molecular weight excluding hydrogens is 533 g/mol. The van der Waals surface area contributed by atoms with Crippen molar-refractivity contribution in [1.82, 2.24) is 0 Å². The summed E-state index contributed by atoms with van der Waals surface area (Å²) >= 11 is 0. The molecule has 0 radical (unpaired) electrons. The number of alkyl halides is 9. The van der Waals surface area contributed by atoms with E-state index < -0.39 is 71.4 Å². The van der Waals surface area contributed by atoms with Crippen LogP contribution in [-0.4, -0.2) is 30.5 Å². The Kier molecular flexibility index (Phi) is 8.30. The fourth-order valence-electron chi connectivity index (χ4n) is 4.80. The number of aliphatic hydroxyl groups is 1. The van der Waals surface area contributed by atoms with Crippen molar-refractivity contribution in [3.8, 4) is 0 Å². The monoisotopic (exact) mass is 557 g/mol. The molecule has 1 amide bonds. The quantitative estimate of drug-likeness (QED) is 0.383. The van der Waals surface area contributed by atoms with E-state index >= 15 is 0 Å². The van der Waals surface area contributed by atoms with Crippen LogP contribution in [0.5, 0.6) is 0 Å². The van der Waals surface area contributed by atoms with Gasteiger partial charge >= 0.3 is 24.6 Å². The summed E-state index contributed by atoms with van der Waals surface area (Å²) in [5, 5.41) is 10.2. The standard InChI is InChI=1S/C25H24F9NO3/c1-3-17-11-18(19-10-14(23(26,27)28)5-6-21(19)35(17)22(37)38-4-2)20(12-36)13-7-15(24(29,30)31)9-16(8-13)25(32,33)34/h5-10,17-18,20,36H,3-4,11-12H2,1-2H3/t17-,18+,20-/m1/s1. The molecule has 0 unspecified atom stereocenters. The van der Waals surface area contributed by atoms with Gasteiger partial charge in [0.1, 0.15) is 0 Å². The maximum Gasteiger partial charge on any atom is 0.416 e. The van der Waals surface area contributed by atoms with Crippen molar-refractivity contribution in [2.45, 2.75) is 63.1 Å². The highest BCUT2D eigenvalue weighted by molar-refractivity contribution is 5.90. The highest BCUT2D eigenvalue weighted by Crippen LogP contribution is 2.49. The van der Waals surface area contributed by atoms with Gasteiger partial charge in [-0.15, -0.1) is 0 Å². The molecule has 1 aliphatic heterocycles. The third kappa shape index (κ3) is 6.02. The van der Waals surface area contributed by atoms with Crippen LogP contribution in [0.1, 0.15) is 66.3 Å². The molecule has 0 spiro atoms. The van der Waals surface area contributed by atoms with Crippen molar-refractivity contribution in [2.75, 3.05) is 18.1 Å². The first-order valence-electron chi connectivity index (χ1n) is 11.6. The van der Waals surface area contributed by atoms with Crippen molar-refractivity contribution in [1.29, 1.82) is 0 Å². The fourth-order valence-corrected chi connectivity index (χ4v) is 4.80. The molecule has 1 heterocycles. The van der Waals surface area contributed by atoms with Crippen molar-refractivity contribution >= 4 is 11.8 Å². The first kappa shape index (κ1) is 29.6. The van der Waals surface area contributed by atoms with Crippen LogP contribution >= 0.6 is 0 Å². The van der Waals surface area contributed by atoms with E-state index in [-0.39, 0.29) is 36.8 Å². The first-order chi connectivity index (χ1) is 17.5. The average Bonchev–Trinajstić information content (AvgIpc) is 2.82. The second-order valence-electron chi connectivity index (χ2n) is 8.87. The van der Waals surface area contributed by atoms with Gasteiger partial charge in [-0.3, -0.25) is 4.90 Å². The van der Waals surface area contributed by atoms with E-state index in [1.165, 1.54) is 6.92 Å². The summed E-state index contributed by atoms with van der Waals surface area (Å²) in [6, 6.07) is 2.59. The number of carbonyl (C=O) groups excluding carboxylic acids is 1. The highest BCUT2D eigenvalue weighted by Gasteiger charge is 2.43. The average molecular weight is 557 g/mol. The van der Waals surface area contributed by atoms with Crippen LogP contribution in [0.25, 0.3) is 0 Å². The molecule has 3 rings (SSSR count). The summed E-state index contributed by atoms with van der Waals surface area (Å²) in [6.07, 6.45) is -15.9. The summed E-state index contributed by atoms with van der Waals surface area (Å²) in [7, 11) is 0. The molecule has 2 aromatic rings. The maximum atomic E-state index is 13.6. The van der Waals surface area contributed by atoms with Crippen LogP contribution in [-0.2, 0) is 23.3 Å². The van der Waals surface area contributed by atoms with E-state index in [0.29, 0.717) is 18.2 Å². The molecule has 2 aromatic carbocycles. The Morgan fingerprint density at radius 3 is 1.92 bits per heavy atom. The van der Waals surface area contributed by atoms with Gasteiger partial charge < -0.3 is 9.84 Å². The van der Waals surface area contributed by atoms with Gasteiger partial charge in [-0.05, 0) is 73.2 Å². The minimum Gasteiger partial charge on any atom is -0.449 e. The number of aliphatic hydroxyl groups excluding tert-OH is 1. The summed E-state index contributed by atoms with van der Waals surface area (Å²) < 4.78 is 127. The van der Waals surface area contributed by atoms with Gasteiger partial charge in [0, 0.05) is 12.0 Å². The third-order valence-corrected chi connectivity index (χ3v) is 6.56. The van der Waals surface area contributed by atoms with Crippen molar-refractivity contribution in [2.24, 2.45) is 0 Å². The lowest BCUT2D eigenvalue weighted by Crippen LogP contribution is -2.46. The molecular formula is C25H24F9NO3. The number of anilines is 1. The molecule has 3 atom stereocenters. The van der Waals surface area contributed by atoms with E-state index in [0.717, 1.165) is 17.0 Å². The van der Waals surface area contributed by atoms with Crippen LogP contribution in [0.15, 0.2) is 36.4 Å². The van der Waals surface area contributed by atoms with Crippen molar-refractivity contribution < 1.29 is 54.2 Å². The number of fused-ring (bicyclic) bond motifs is 1. The van der Waals surface area contributed by atoms with Crippen LogP contribution in [0, 0.1) is 0 Å². The zero-order valence-electron chi connectivity index (χ0n) is 20.1. The van der Waals surface area contributed by atoms with Crippen molar-refractivity contribution in [3.63, 3.8) is 0 Å². The number of rotatable bonds is 5. The zero-order chi connectivity index (χ0) is 28.6. The Hall–Kier alpha value is -2.96. The molecule has 0 aromatic heterocycles. The largest absolute Gasteiger partial charge is 0.449 e. The number of carbonyl (C=O) groups is 1. The smallest absolute Gasteiger partial charge is 0.416 e. The van der Waals surface area contributed by atoms with Gasteiger partial charge in [0.25, 0.3) is 0 Å². The second kappa shape index (κ2) is 10.7. The summed E-state index contributed by atoms with van der Waals surface area (Å²) in [6.45, 7) is 2.17. The van der Waals surface area contributed by atoms with Gasteiger partial charge in [0.05, 0.1) is 35.6 Å². The first-order valence-corrected chi connectivity index (χ1v) is 11.6. The minimum atomic E-state index is -5.16. The molecule has 13 heteroatoms. The highest BCUT2D eigenvalue weighted by atomic mass is 19.4. The lowest BCUT2D eigenvalue weighted by atomic mass is 9.73. The molecule has 0 bridgehead atoms. The number of hydrogen-bond acceptors (Lipinski definition) is 3. The Morgan fingerprint density at radius 2 is 1.47 bits per heavy atom. The number of benzene rings is 2. The molecule has 210 valence electrons.